The van der Waals surface area contributed by atoms with Crippen LogP contribution < -0.4 is 10.1 Å². The Bertz CT molecular complexity index is 984. The number of carbonyl (C=O) groups is 1. The number of amides is 1. The fourth-order valence-corrected chi connectivity index (χ4v) is 2.76. The Kier molecular flexibility index (Phi) is 5.93. The Balaban J connectivity index is 1.59. The van der Waals surface area contributed by atoms with Gasteiger partial charge in [0, 0.05) is 12.0 Å². The number of rotatable bonds is 7. The van der Waals surface area contributed by atoms with Gasteiger partial charge in [-0.05, 0) is 49.2 Å². The minimum atomic E-state index is -0.312. The molecule has 0 aliphatic rings. The van der Waals surface area contributed by atoms with Gasteiger partial charge in [0.15, 0.2) is 11.5 Å². The summed E-state index contributed by atoms with van der Waals surface area (Å²) in [5.41, 5.74) is 1.98. The van der Waals surface area contributed by atoms with E-state index in [0.29, 0.717) is 35.1 Å². The van der Waals surface area contributed by atoms with E-state index < -0.39 is 0 Å². The van der Waals surface area contributed by atoms with Crippen LogP contribution in [0.5, 0.6) is 11.5 Å². The van der Waals surface area contributed by atoms with Crippen LogP contribution >= 0.6 is 0 Å². The van der Waals surface area contributed by atoms with Crippen molar-refractivity contribution in [2.75, 3.05) is 7.11 Å². The fraction of sp³-hybridized carbons (Fsp3) is 0.238. The predicted octanol–water partition coefficient (Wildman–Crippen LogP) is 3.75. The van der Waals surface area contributed by atoms with Crippen molar-refractivity contribution in [1.29, 1.82) is 0 Å². The third kappa shape index (κ3) is 4.68. The molecule has 1 aromatic heterocycles. The van der Waals surface area contributed by atoms with E-state index in [1.807, 2.05) is 0 Å². The normalized spacial score (nSPS) is 10.7. The SMILES string of the molecule is COc1ccc(-c2nc(CNC(=O)CCc3cccc(F)c3)c(C)o2)cc1O. The van der Waals surface area contributed by atoms with Crippen molar-refractivity contribution in [3.8, 4) is 23.0 Å². The number of phenolic OH excluding ortho intramolecular Hbond substituents is 1. The van der Waals surface area contributed by atoms with Crippen molar-refractivity contribution in [3.63, 3.8) is 0 Å². The first-order valence-corrected chi connectivity index (χ1v) is 8.81. The number of hydrogen-bond donors (Lipinski definition) is 2. The third-order valence-corrected chi connectivity index (χ3v) is 4.30. The predicted molar refractivity (Wildman–Crippen MR) is 101 cm³/mol. The standard InChI is InChI=1S/C21H21FN2O4/c1-13-17(12-23-20(26)9-6-14-4-3-5-16(22)10-14)24-21(28-13)15-7-8-19(27-2)18(25)11-15/h3-5,7-8,10-11,25H,6,9,12H2,1-2H3,(H,23,26). The van der Waals surface area contributed by atoms with Crippen molar-refractivity contribution in [2.24, 2.45) is 0 Å². The van der Waals surface area contributed by atoms with Gasteiger partial charge in [-0.25, -0.2) is 9.37 Å². The second kappa shape index (κ2) is 8.56. The van der Waals surface area contributed by atoms with Crippen LogP contribution in [0.15, 0.2) is 46.9 Å². The minimum Gasteiger partial charge on any atom is -0.504 e. The molecule has 0 aliphatic carbocycles. The zero-order valence-corrected chi connectivity index (χ0v) is 15.7. The van der Waals surface area contributed by atoms with E-state index in [1.165, 1.54) is 25.3 Å². The highest BCUT2D eigenvalue weighted by Gasteiger charge is 2.14. The first-order chi connectivity index (χ1) is 13.5. The Morgan fingerprint density at radius 2 is 2.11 bits per heavy atom. The van der Waals surface area contributed by atoms with Gasteiger partial charge in [0.25, 0.3) is 0 Å². The molecule has 0 spiro atoms. The zero-order valence-electron chi connectivity index (χ0n) is 15.7. The van der Waals surface area contributed by atoms with Crippen molar-refractivity contribution < 1.29 is 23.4 Å². The summed E-state index contributed by atoms with van der Waals surface area (Å²) in [5.74, 6) is 0.805. The number of nitrogens with one attached hydrogen (secondary N) is 1. The van der Waals surface area contributed by atoms with E-state index in [9.17, 15) is 14.3 Å². The molecule has 146 valence electrons. The summed E-state index contributed by atoms with van der Waals surface area (Å²) in [5, 5.41) is 12.7. The number of carbonyl (C=O) groups excluding carboxylic acids is 1. The van der Waals surface area contributed by atoms with E-state index in [2.05, 4.69) is 10.3 Å². The number of oxazole rings is 1. The van der Waals surface area contributed by atoms with Gasteiger partial charge in [0.1, 0.15) is 17.3 Å². The number of phenols is 1. The molecule has 28 heavy (non-hydrogen) atoms. The average molecular weight is 384 g/mol. The summed E-state index contributed by atoms with van der Waals surface area (Å²) in [6.07, 6.45) is 0.706. The van der Waals surface area contributed by atoms with Crippen LogP contribution in [0.1, 0.15) is 23.4 Å². The Morgan fingerprint density at radius 1 is 1.29 bits per heavy atom. The van der Waals surface area contributed by atoms with Crippen LogP contribution in [0.4, 0.5) is 4.39 Å². The lowest BCUT2D eigenvalue weighted by atomic mass is 10.1. The Hall–Kier alpha value is -3.35. The van der Waals surface area contributed by atoms with Gasteiger partial charge in [-0.15, -0.1) is 0 Å². The fourth-order valence-electron chi connectivity index (χ4n) is 2.76. The summed E-state index contributed by atoms with van der Waals surface area (Å²) in [6.45, 7) is 1.98. The Morgan fingerprint density at radius 3 is 2.82 bits per heavy atom. The van der Waals surface area contributed by atoms with Gasteiger partial charge in [0.2, 0.25) is 11.8 Å². The summed E-state index contributed by atoms with van der Waals surface area (Å²) in [6, 6.07) is 11.1. The molecule has 0 unspecified atom stereocenters. The monoisotopic (exact) mass is 384 g/mol. The molecule has 2 aromatic carbocycles. The number of hydrogen-bond acceptors (Lipinski definition) is 5. The first-order valence-electron chi connectivity index (χ1n) is 8.81. The number of halogens is 1. The molecule has 7 heteroatoms. The molecule has 0 aliphatic heterocycles. The quantitative estimate of drug-likeness (QED) is 0.648. The van der Waals surface area contributed by atoms with Gasteiger partial charge in [0.05, 0.1) is 13.7 Å². The number of ether oxygens (including phenoxy) is 1. The van der Waals surface area contributed by atoms with E-state index in [4.69, 9.17) is 9.15 Å². The second-order valence-corrected chi connectivity index (χ2v) is 6.32. The molecule has 0 fully saturated rings. The second-order valence-electron chi connectivity index (χ2n) is 6.32. The van der Waals surface area contributed by atoms with E-state index >= 15 is 0 Å². The highest BCUT2D eigenvalue weighted by molar-refractivity contribution is 5.76. The summed E-state index contributed by atoms with van der Waals surface area (Å²) in [4.78, 5) is 16.5. The first kappa shape index (κ1) is 19.4. The zero-order chi connectivity index (χ0) is 20.1. The molecule has 6 nitrogen and oxygen atoms in total. The lowest BCUT2D eigenvalue weighted by molar-refractivity contribution is -0.121. The summed E-state index contributed by atoms with van der Waals surface area (Å²) in [7, 11) is 1.47. The number of aryl methyl sites for hydroxylation is 2. The maximum absolute atomic E-state index is 13.2. The maximum Gasteiger partial charge on any atom is 0.226 e. The van der Waals surface area contributed by atoms with Crippen LogP contribution in [0.3, 0.4) is 0 Å². The molecule has 3 aromatic rings. The van der Waals surface area contributed by atoms with Crippen molar-refractivity contribution >= 4 is 5.91 Å². The Labute approximate surface area is 162 Å². The summed E-state index contributed by atoms with van der Waals surface area (Å²) < 4.78 is 23.8. The number of benzene rings is 2. The maximum atomic E-state index is 13.2. The van der Waals surface area contributed by atoms with Crippen LogP contribution in [0.25, 0.3) is 11.5 Å². The lowest BCUT2D eigenvalue weighted by Crippen LogP contribution is -2.23. The molecule has 1 amide bonds. The van der Waals surface area contributed by atoms with Gasteiger partial charge in [-0.2, -0.15) is 0 Å². The molecule has 1 heterocycles. The van der Waals surface area contributed by atoms with Crippen LogP contribution in [-0.4, -0.2) is 23.1 Å². The number of methoxy groups -OCH3 is 1. The topological polar surface area (TPSA) is 84.6 Å². The molecule has 0 radical (unpaired) electrons. The molecule has 0 saturated heterocycles. The van der Waals surface area contributed by atoms with E-state index in [0.717, 1.165) is 5.56 Å². The van der Waals surface area contributed by atoms with Crippen LogP contribution in [0.2, 0.25) is 0 Å². The number of nitrogens with zero attached hydrogens (tertiary/aromatic N) is 1. The molecule has 3 rings (SSSR count). The molecule has 0 saturated carbocycles. The molecule has 2 N–H and O–H groups in total. The van der Waals surface area contributed by atoms with Gasteiger partial charge in [-0.3, -0.25) is 4.79 Å². The van der Waals surface area contributed by atoms with E-state index in [1.54, 1.807) is 31.2 Å². The van der Waals surface area contributed by atoms with Crippen molar-refractivity contribution in [3.05, 3.63) is 65.3 Å². The highest BCUT2D eigenvalue weighted by Crippen LogP contribution is 2.31. The van der Waals surface area contributed by atoms with Gasteiger partial charge < -0.3 is 19.6 Å². The minimum absolute atomic E-state index is 0.0111. The van der Waals surface area contributed by atoms with Gasteiger partial charge >= 0.3 is 0 Å². The number of aromatic nitrogens is 1. The van der Waals surface area contributed by atoms with Gasteiger partial charge in [-0.1, -0.05) is 12.1 Å². The lowest BCUT2D eigenvalue weighted by Gasteiger charge is -2.04. The average Bonchev–Trinajstić information content (AvgIpc) is 3.05. The smallest absolute Gasteiger partial charge is 0.226 e. The molecule has 0 atom stereocenters. The van der Waals surface area contributed by atoms with Crippen molar-refractivity contribution in [1.82, 2.24) is 10.3 Å². The molecular formula is C21H21FN2O4. The summed E-state index contributed by atoms with van der Waals surface area (Å²) >= 11 is 0. The number of aromatic hydroxyl groups is 1. The molecular weight excluding hydrogens is 363 g/mol. The highest BCUT2D eigenvalue weighted by atomic mass is 19.1. The van der Waals surface area contributed by atoms with E-state index in [-0.39, 0.29) is 30.4 Å². The van der Waals surface area contributed by atoms with Crippen molar-refractivity contribution in [2.45, 2.75) is 26.3 Å². The molecule has 0 bridgehead atoms. The van der Waals surface area contributed by atoms with Crippen LogP contribution in [0, 0.1) is 12.7 Å². The third-order valence-electron chi connectivity index (χ3n) is 4.30. The largest absolute Gasteiger partial charge is 0.504 e. The van der Waals surface area contributed by atoms with Crippen LogP contribution in [-0.2, 0) is 17.8 Å².